The smallest absolute Gasteiger partial charge is 0.262 e. The third kappa shape index (κ3) is 5.42. The number of alkyl halides is 2. The van der Waals surface area contributed by atoms with Gasteiger partial charge in [0, 0.05) is 6.42 Å². The lowest BCUT2D eigenvalue weighted by Crippen LogP contribution is -2.48. The minimum Gasteiger partial charge on any atom is -0.486 e. The van der Waals surface area contributed by atoms with Gasteiger partial charge in [0.15, 0.2) is 0 Å². The van der Waals surface area contributed by atoms with Gasteiger partial charge in [0.1, 0.15) is 11.4 Å². The van der Waals surface area contributed by atoms with Gasteiger partial charge in [0.05, 0.1) is 19.1 Å². The Morgan fingerprint density at radius 2 is 2.05 bits per heavy atom. The summed E-state index contributed by atoms with van der Waals surface area (Å²) in [6, 6.07) is 8.40. The second kappa shape index (κ2) is 7.24. The van der Waals surface area contributed by atoms with Crippen LogP contribution in [0.2, 0.25) is 0 Å². The van der Waals surface area contributed by atoms with Crippen molar-refractivity contribution in [1.82, 2.24) is 10.6 Å². The van der Waals surface area contributed by atoms with Gasteiger partial charge in [-0.3, -0.25) is 10.1 Å². The third-order valence-corrected chi connectivity index (χ3v) is 3.25. The third-order valence-electron chi connectivity index (χ3n) is 3.25. The number of rotatable bonds is 5. The van der Waals surface area contributed by atoms with Crippen molar-refractivity contribution < 1.29 is 18.3 Å². The molecule has 1 fully saturated rings. The van der Waals surface area contributed by atoms with E-state index in [9.17, 15) is 13.6 Å². The summed E-state index contributed by atoms with van der Waals surface area (Å²) in [5.41, 5.74) is -0.627. The van der Waals surface area contributed by atoms with E-state index >= 15 is 0 Å². The SMILES string of the molecule is CC(C)(CNC(=O)C1CC(F)(F)CN1)Oc1ccccc1.Cl. The largest absolute Gasteiger partial charge is 0.486 e. The fourth-order valence-electron chi connectivity index (χ4n) is 2.17. The van der Waals surface area contributed by atoms with Gasteiger partial charge in [0.2, 0.25) is 5.91 Å². The van der Waals surface area contributed by atoms with Gasteiger partial charge in [-0.25, -0.2) is 8.78 Å². The molecule has 0 radical (unpaired) electrons. The van der Waals surface area contributed by atoms with Crippen LogP contribution >= 0.6 is 12.4 Å². The van der Waals surface area contributed by atoms with Gasteiger partial charge < -0.3 is 10.1 Å². The summed E-state index contributed by atoms with van der Waals surface area (Å²) in [7, 11) is 0. The first-order chi connectivity index (χ1) is 9.77. The number of benzene rings is 1. The molecule has 0 saturated carbocycles. The monoisotopic (exact) mass is 334 g/mol. The molecular weight excluding hydrogens is 314 g/mol. The van der Waals surface area contributed by atoms with Crippen molar-refractivity contribution >= 4 is 18.3 Å². The highest BCUT2D eigenvalue weighted by Crippen LogP contribution is 2.25. The minimum atomic E-state index is -2.81. The van der Waals surface area contributed by atoms with Gasteiger partial charge in [-0.15, -0.1) is 12.4 Å². The zero-order valence-corrected chi connectivity index (χ0v) is 13.4. The van der Waals surface area contributed by atoms with E-state index in [1.807, 2.05) is 44.2 Å². The van der Waals surface area contributed by atoms with Crippen LogP contribution in [0, 0.1) is 0 Å². The molecule has 7 heteroatoms. The summed E-state index contributed by atoms with van der Waals surface area (Å²) < 4.78 is 31.9. The molecule has 1 unspecified atom stereocenters. The highest BCUT2D eigenvalue weighted by Gasteiger charge is 2.42. The summed E-state index contributed by atoms with van der Waals surface area (Å²) in [6.07, 6.45) is -0.460. The molecular formula is C15H21ClF2N2O2. The first kappa shape index (κ1) is 18.6. The van der Waals surface area contributed by atoms with E-state index in [1.165, 1.54) is 0 Å². The van der Waals surface area contributed by atoms with Crippen molar-refractivity contribution in [2.75, 3.05) is 13.1 Å². The maximum atomic E-state index is 13.0. The number of ether oxygens (including phenoxy) is 1. The van der Waals surface area contributed by atoms with Crippen LogP contribution in [0.3, 0.4) is 0 Å². The topological polar surface area (TPSA) is 50.4 Å². The Morgan fingerprint density at radius 3 is 2.59 bits per heavy atom. The quantitative estimate of drug-likeness (QED) is 0.869. The summed E-state index contributed by atoms with van der Waals surface area (Å²) in [4.78, 5) is 11.9. The Kier molecular flexibility index (Phi) is 6.14. The molecule has 0 bridgehead atoms. The molecule has 0 aliphatic carbocycles. The van der Waals surface area contributed by atoms with E-state index in [0.717, 1.165) is 0 Å². The first-order valence-corrected chi connectivity index (χ1v) is 6.90. The van der Waals surface area contributed by atoms with Crippen molar-refractivity contribution in [3.8, 4) is 5.75 Å². The van der Waals surface area contributed by atoms with Crippen LogP contribution < -0.4 is 15.4 Å². The molecule has 2 N–H and O–H groups in total. The number of carbonyl (C=O) groups excluding carboxylic acids is 1. The Hall–Kier alpha value is -1.40. The van der Waals surface area contributed by atoms with Crippen molar-refractivity contribution in [2.24, 2.45) is 0 Å². The molecule has 1 aliphatic heterocycles. The summed E-state index contributed by atoms with van der Waals surface area (Å²) in [6.45, 7) is 3.45. The Balaban J connectivity index is 0.00000242. The van der Waals surface area contributed by atoms with Gasteiger partial charge in [-0.1, -0.05) is 18.2 Å². The molecule has 1 saturated heterocycles. The van der Waals surface area contributed by atoms with Crippen LogP contribution in [0.25, 0.3) is 0 Å². The fourth-order valence-corrected chi connectivity index (χ4v) is 2.17. The van der Waals surface area contributed by atoms with E-state index in [1.54, 1.807) is 0 Å². The lowest BCUT2D eigenvalue weighted by Gasteiger charge is -2.27. The molecule has 124 valence electrons. The van der Waals surface area contributed by atoms with E-state index < -0.39 is 36.4 Å². The molecule has 1 aromatic carbocycles. The lowest BCUT2D eigenvalue weighted by molar-refractivity contribution is -0.124. The second-order valence-electron chi connectivity index (χ2n) is 5.89. The average molecular weight is 335 g/mol. The molecule has 1 aliphatic rings. The van der Waals surface area contributed by atoms with Crippen LogP contribution in [0.5, 0.6) is 5.75 Å². The molecule has 0 spiro atoms. The standard InChI is InChI=1S/C15H20F2N2O2.ClH/c1-14(2,21-11-6-4-3-5-7-11)9-19-13(20)12-8-15(16,17)10-18-12;/h3-7,12,18H,8-10H2,1-2H3,(H,19,20);1H. The number of para-hydroxylation sites is 1. The van der Waals surface area contributed by atoms with Gasteiger partial charge in [-0.05, 0) is 26.0 Å². The molecule has 1 amide bonds. The summed E-state index contributed by atoms with van der Waals surface area (Å²) in [5.74, 6) is -2.53. The number of amides is 1. The van der Waals surface area contributed by atoms with Gasteiger partial charge in [0.25, 0.3) is 5.92 Å². The van der Waals surface area contributed by atoms with E-state index in [4.69, 9.17) is 4.74 Å². The van der Waals surface area contributed by atoms with Crippen molar-refractivity contribution in [1.29, 1.82) is 0 Å². The predicted molar refractivity (Wildman–Crippen MR) is 82.8 cm³/mol. The zero-order chi connectivity index (χ0) is 15.5. The van der Waals surface area contributed by atoms with Crippen LogP contribution in [-0.4, -0.2) is 36.6 Å². The van der Waals surface area contributed by atoms with Crippen LogP contribution in [0.15, 0.2) is 30.3 Å². The van der Waals surface area contributed by atoms with Crippen LogP contribution in [0.4, 0.5) is 8.78 Å². The van der Waals surface area contributed by atoms with E-state index in [0.29, 0.717) is 5.75 Å². The molecule has 1 heterocycles. The Bertz CT molecular complexity index is 498. The van der Waals surface area contributed by atoms with Crippen LogP contribution in [-0.2, 0) is 4.79 Å². The molecule has 22 heavy (non-hydrogen) atoms. The lowest BCUT2D eigenvalue weighted by atomic mass is 10.1. The van der Waals surface area contributed by atoms with E-state index in [-0.39, 0.29) is 19.0 Å². The molecule has 1 aromatic rings. The van der Waals surface area contributed by atoms with E-state index in [2.05, 4.69) is 10.6 Å². The number of hydrogen-bond acceptors (Lipinski definition) is 3. The zero-order valence-electron chi connectivity index (χ0n) is 12.6. The van der Waals surface area contributed by atoms with Gasteiger partial charge in [-0.2, -0.15) is 0 Å². The summed E-state index contributed by atoms with van der Waals surface area (Å²) in [5, 5.41) is 5.19. The Morgan fingerprint density at radius 1 is 1.41 bits per heavy atom. The maximum absolute atomic E-state index is 13.0. The highest BCUT2D eigenvalue weighted by molar-refractivity contribution is 5.85. The van der Waals surface area contributed by atoms with Crippen LogP contribution in [0.1, 0.15) is 20.3 Å². The van der Waals surface area contributed by atoms with Crippen molar-refractivity contribution in [3.05, 3.63) is 30.3 Å². The predicted octanol–water partition coefficient (Wildman–Crippen LogP) is 2.38. The number of carbonyl (C=O) groups is 1. The Labute approximate surface area is 135 Å². The molecule has 4 nitrogen and oxygen atoms in total. The van der Waals surface area contributed by atoms with Gasteiger partial charge >= 0.3 is 0 Å². The first-order valence-electron chi connectivity index (χ1n) is 6.90. The highest BCUT2D eigenvalue weighted by atomic mass is 35.5. The second-order valence-corrected chi connectivity index (χ2v) is 5.89. The number of halogens is 3. The summed E-state index contributed by atoms with van der Waals surface area (Å²) >= 11 is 0. The molecule has 1 atom stereocenters. The average Bonchev–Trinajstić information content (AvgIpc) is 2.77. The minimum absolute atomic E-state index is 0. The maximum Gasteiger partial charge on any atom is 0.262 e. The molecule has 2 rings (SSSR count). The van der Waals surface area contributed by atoms with Crippen molar-refractivity contribution in [3.63, 3.8) is 0 Å². The fraction of sp³-hybridized carbons (Fsp3) is 0.533. The van der Waals surface area contributed by atoms with Crippen molar-refractivity contribution in [2.45, 2.75) is 37.8 Å². The molecule has 0 aromatic heterocycles. The number of hydrogen-bond donors (Lipinski definition) is 2. The normalized spacial score (nSPS) is 20.1. The number of nitrogens with one attached hydrogen (secondary N) is 2.